The molecule has 2 fully saturated rings. The molecule has 0 aliphatic carbocycles. The first-order chi connectivity index (χ1) is 18.5. The smallest absolute Gasteiger partial charge is 0.416 e. The van der Waals surface area contributed by atoms with Crippen LogP contribution in [0, 0.1) is 5.82 Å². The van der Waals surface area contributed by atoms with Crippen molar-refractivity contribution in [2.45, 2.75) is 24.7 Å². The Morgan fingerprint density at radius 1 is 1.21 bits per heavy atom. The maximum Gasteiger partial charge on any atom is 0.416 e. The summed E-state index contributed by atoms with van der Waals surface area (Å²) in [4.78, 5) is 18.3. The molecule has 1 unspecified atom stereocenters. The van der Waals surface area contributed by atoms with Crippen molar-refractivity contribution in [2.24, 2.45) is 0 Å². The molecule has 2 aliphatic rings. The first-order valence-electron chi connectivity index (χ1n) is 11.5. The summed E-state index contributed by atoms with van der Waals surface area (Å²) in [6.45, 7) is -0.559. The van der Waals surface area contributed by atoms with Gasteiger partial charge < -0.3 is 14.0 Å². The summed E-state index contributed by atoms with van der Waals surface area (Å²) in [7, 11) is -2.79. The van der Waals surface area contributed by atoms with E-state index in [2.05, 4.69) is 19.4 Å². The number of aromatic nitrogens is 2. The number of carbonyl (C=O) groups is 1. The van der Waals surface area contributed by atoms with Gasteiger partial charge in [-0.05, 0) is 18.6 Å². The summed E-state index contributed by atoms with van der Waals surface area (Å²) >= 11 is 0. The summed E-state index contributed by atoms with van der Waals surface area (Å²) in [5.74, 6) is -1.72. The number of carbonyl (C=O) groups excluding carboxylic acids is 1. The van der Waals surface area contributed by atoms with Gasteiger partial charge in [-0.25, -0.2) is 9.37 Å². The van der Waals surface area contributed by atoms with Crippen LogP contribution in [0.15, 0.2) is 47.2 Å². The number of ether oxygens (including phenoxy) is 2. The summed E-state index contributed by atoms with van der Waals surface area (Å²) in [5, 5.41) is 3.52. The Kier molecular flexibility index (Phi) is 6.94. The van der Waals surface area contributed by atoms with Crippen LogP contribution in [-0.2, 0) is 25.9 Å². The fraction of sp³-hybridized carbons (Fsp3) is 0.348. The molecule has 11 nitrogen and oxygen atoms in total. The number of rotatable bonds is 6. The molecule has 2 atom stereocenters. The van der Waals surface area contributed by atoms with Crippen molar-refractivity contribution < 1.29 is 44.8 Å². The molecular formula is C23H21F4N5O6S. The Balaban J connectivity index is 1.44. The second-order valence-electron chi connectivity index (χ2n) is 8.74. The number of pyridine rings is 1. The van der Waals surface area contributed by atoms with Crippen molar-refractivity contribution in [3.8, 4) is 17.1 Å². The molecule has 3 aromatic rings. The fourth-order valence-corrected chi connectivity index (χ4v) is 5.78. The topological polar surface area (TPSA) is 127 Å². The molecule has 1 amide bonds. The van der Waals surface area contributed by atoms with E-state index in [0.717, 1.165) is 28.6 Å². The minimum atomic E-state index is -4.64. The molecule has 2 aromatic heterocycles. The van der Waals surface area contributed by atoms with Crippen molar-refractivity contribution in [2.75, 3.05) is 36.4 Å². The molecule has 2 aliphatic heterocycles. The van der Waals surface area contributed by atoms with E-state index in [-0.39, 0.29) is 48.2 Å². The van der Waals surface area contributed by atoms with Gasteiger partial charge in [0.2, 0.25) is 5.88 Å². The number of alkyl halides is 3. The molecule has 0 saturated carbocycles. The number of nitrogens with one attached hydrogen (secondary N) is 1. The number of amides is 1. The summed E-state index contributed by atoms with van der Waals surface area (Å²) in [6.07, 6.45) is -4.09. The molecule has 0 spiro atoms. The average molecular weight is 572 g/mol. The first kappa shape index (κ1) is 26.8. The van der Waals surface area contributed by atoms with Crippen LogP contribution in [-0.4, -0.2) is 67.7 Å². The Morgan fingerprint density at radius 2 is 2.00 bits per heavy atom. The molecule has 5 rings (SSSR count). The average Bonchev–Trinajstić information content (AvgIpc) is 3.40. The van der Waals surface area contributed by atoms with Crippen molar-refractivity contribution in [3.63, 3.8) is 0 Å². The zero-order valence-corrected chi connectivity index (χ0v) is 21.0. The lowest BCUT2D eigenvalue weighted by Gasteiger charge is -2.45. The van der Waals surface area contributed by atoms with Gasteiger partial charge in [-0.2, -0.15) is 25.9 Å². The summed E-state index contributed by atoms with van der Waals surface area (Å²) in [6, 6.07) is 5.64. The molecule has 4 heterocycles. The summed E-state index contributed by atoms with van der Waals surface area (Å²) in [5.41, 5.74) is -1.54. The Labute approximate surface area is 219 Å². The van der Waals surface area contributed by atoms with Gasteiger partial charge in [-0.1, -0.05) is 17.3 Å². The number of anilines is 2. The van der Waals surface area contributed by atoms with E-state index in [1.165, 1.54) is 30.4 Å². The monoisotopic (exact) mass is 571 g/mol. The van der Waals surface area contributed by atoms with E-state index in [9.17, 15) is 26.4 Å². The Morgan fingerprint density at radius 3 is 2.69 bits per heavy atom. The maximum atomic E-state index is 15.3. The molecule has 39 heavy (non-hydrogen) atoms. The van der Waals surface area contributed by atoms with Crippen LogP contribution < -0.4 is 14.4 Å². The third-order valence-electron chi connectivity index (χ3n) is 6.36. The number of piperidine rings is 1. The number of nitrogens with zero attached hydrogens (tertiary/aromatic N) is 4. The Bertz CT molecular complexity index is 1480. The first-order valence-corrected chi connectivity index (χ1v) is 13.0. The zero-order valence-electron chi connectivity index (χ0n) is 20.2. The van der Waals surface area contributed by atoms with Gasteiger partial charge in [0.15, 0.2) is 11.6 Å². The Hall–Kier alpha value is -3.76. The third-order valence-corrected chi connectivity index (χ3v) is 7.84. The predicted octanol–water partition coefficient (Wildman–Crippen LogP) is 3.07. The van der Waals surface area contributed by atoms with Crippen molar-refractivity contribution in [1.29, 1.82) is 0 Å². The van der Waals surface area contributed by atoms with Crippen LogP contribution in [0.2, 0.25) is 0 Å². The highest BCUT2D eigenvalue weighted by atomic mass is 32.2. The normalized spacial score (nSPS) is 20.5. The highest BCUT2D eigenvalue weighted by Gasteiger charge is 2.45. The number of methoxy groups -OCH3 is 1. The molecule has 1 aromatic carbocycles. The minimum Gasteiger partial charge on any atom is -0.479 e. The number of hydrogen-bond donors (Lipinski definition) is 1. The second kappa shape index (κ2) is 10.1. The van der Waals surface area contributed by atoms with Gasteiger partial charge >= 0.3 is 16.4 Å². The van der Waals surface area contributed by atoms with Crippen molar-refractivity contribution >= 4 is 27.6 Å². The van der Waals surface area contributed by atoms with E-state index >= 15 is 4.39 Å². The van der Waals surface area contributed by atoms with Crippen LogP contribution in [0.4, 0.5) is 29.1 Å². The van der Waals surface area contributed by atoms with E-state index in [1.54, 1.807) is 0 Å². The van der Waals surface area contributed by atoms with Gasteiger partial charge in [0, 0.05) is 30.8 Å². The van der Waals surface area contributed by atoms with Gasteiger partial charge in [-0.3, -0.25) is 14.4 Å². The molecule has 2 saturated heterocycles. The van der Waals surface area contributed by atoms with Gasteiger partial charge in [0.05, 0.1) is 24.8 Å². The van der Waals surface area contributed by atoms with Crippen LogP contribution in [0.1, 0.15) is 12.0 Å². The van der Waals surface area contributed by atoms with Gasteiger partial charge in [0.25, 0.3) is 5.91 Å². The van der Waals surface area contributed by atoms with Crippen LogP contribution in [0.5, 0.6) is 5.88 Å². The molecule has 0 radical (unpaired) electrons. The van der Waals surface area contributed by atoms with Gasteiger partial charge in [-0.15, -0.1) is 0 Å². The molecule has 208 valence electrons. The van der Waals surface area contributed by atoms with E-state index in [0.29, 0.717) is 0 Å². The SMILES string of the molecule is COc1nc(-c2cccc(C(F)(F)F)c2)c(F)cc1N1C(=O)COC2CN(S(=O)(=O)Nc3ccon3)CC[C@@H]21. The zero-order chi connectivity index (χ0) is 27.9. The quantitative estimate of drug-likeness (QED) is 0.448. The molecule has 1 N–H and O–H groups in total. The van der Waals surface area contributed by atoms with Crippen molar-refractivity contribution in [3.05, 3.63) is 54.0 Å². The standard InChI is InChI=1S/C23H21F4N5O6S/c1-36-22-17(10-15(24)21(28-22)13-3-2-4-14(9-13)23(25,26)27)32-16-5-7-31(11-18(16)37-12-20(32)33)39(34,35)30-19-6-8-38-29-19/h2-4,6,8-10,16,18H,5,7,11-12H2,1H3,(H,29,30)/t16-,18?/m0/s1. The maximum absolute atomic E-state index is 15.3. The number of fused-ring (bicyclic) bond motifs is 1. The second-order valence-corrected chi connectivity index (χ2v) is 10.4. The van der Waals surface area contributed by atoms with E-state index in [4.69, 9.17) is 9.47 Å². The van der Waals surface area contributed by atoms with Crippen LogP contribution in [0.25, 0.3) is 11.3 Å². The third kappa shape index (κ3) is 5.26. The van der Waals surface area contributed by atoms with E-state index < -0.39 is 52.4 Å². The highest BCUT2D eigenvalue weighted by molar-refractivity contribution is 7.90. The van der Waals surface area contributed by atoms with E-state index in [1.807, 2.05) is 0 Å². The number of hydrogen-bond acceptors (Lipinski definition) is 8. The predicted molar refractivity (Wildman–Crippen MR) is 127 cm³/mol. The fourth-order valence-electron chi connectivity index (χ4n) is 4.59. The molecule has 0 bridgehead atoms. The highest BCUT2D eigenvalue weighted by Crippen LogP contribution is 2.39. The minimum absolute atomic E-state index is 0.00867. The lowest BCUT2D eigenvalue weighted by atomic mass is 9.98. The number of morpholine rings is 1. The summed E-state index contributed by atoms with van der Waals surface area (Å²) < 4.78 is 99.4. The molecular weight excluding hydrogens is 550 g/mol. The van der Waals surface area contributed by atoms with Crippen molar-refractivity contribution in [1.82, 2.24) is 14.4 Å². The van der Waals surface area contributed by atoms with Crippen LogP contribution in [0.3, 0.4) is 0 Å². The lowest BCUT2D eigenvalue weighted by Crippen LogP contribution is -2.62. The van der Waals surface area contributed by atoms with Crippen LogP contribution >= 0.6 is 0 Å². The molecule has 16 heteroatoms. The number of halogens is 4. The lowest BCUT2D eigenvalue weighted by molar-refractivity contribution is -0.137. The largest absolute Gasteiger partial charge is 0.479 e. The number of benzene rings is 1. The van der Waals surface area contributed by atoms with Gasteiger partial charge in [0.1, 0.15) is 24.3 Å².